The number of hydrogen-bond donors (Lipinski definition) is 2. The second kappa shape index (κ2) is 8.72. The van der Waals surface area contributed by atoms with Crippen molar-refractivity contribution in [1.82, 2.24) is 4.90 Å². The van der Waals surface area contributed by atoms with E-state index in [1.165, 1.54) is 25.9 Å². The van der Waals surface area contributed by atoms with E-state index in [0.29, 0.717) is 18.3 Å². The predicted octanol–water partition coefficient (Wildman–Crippen LogP) is 2.74. The van der Waals surface area contributed by atoms with E-state index in [2.05, 4.69) is 9.89 Å². The molecular weight excluding hydrogens is 406 g/mol. The summed E-state index contributed by atoms with van der Waals surface area (Å²) in [5, 5.41) is 0. The summed E-state index contributed by atoms with van der Waals surface area (Å²) in [5.41, 5.74) is 16.4. The summed E-state index contributed by atoms with van der Waals surface area (Å²) in [6, 6.07) is 13.6. The average Bonchev–Trinajstić information content (AvgIpc) is 3.49. The monoisotopic (exact) mass is 435 g/mol. The number of fused-ring (bicyclic) bond motifs is 1. The van der Waals surface area contributed by atoms with Crippen molar-refractivity contribution in [1.29, 1.82) is 0 Å². The molecule has 0 radical (unpaired) electrons. The van der Waals surface area contributed by atoms with Crippen LogP contribution >= 0.6 is 0 Å². The molecule has 0 spiro atoms. The van der Waals surface area contributed by atoms with E-state index in [1.54, 1.807) is 0 Å². The number of nitrogens with zero attached hydrogens (tertiary/aromatic N) is 3. The highest BCUT2D eigenvalue weighted by molar-refractivity contribution is 6.01. The summed E-state index contributed by atoms with van der Waals surface area (Å²) >= 11 is 0. The topological polar surface area (TPSA) is 98.6 Å². The standard InChI is InChI=1S/C24H29N5O3/c1-16-22(17-4-9-20-21(14-17)32-15-31-20)27-24(26)29(23(16)25)18-5-7-19(8-6-18)30-13-12-28-10-2-3-11-28/h4-9,14,23H,2-3,10-13,15,25H2,1H3,(H2,26,27). The number of ether oxygens (including phenoxy) is 3. The molecule has 3 aliphatic heterocycles. The molecule has 2 aromatic carbocycles. The van der Waals surface area contributed by atoms with Gasteiger partial charge in [-0.1, -0.05) is 0 Å². The smallest absolute Gasteiger partial charge is 0.231 e. The van der Waals surface area contributed by atoms with Crippen LogP contribution in [0.5, 0.6) is 17.2 Å². The second-order valence-electron chi connectivity index (χ2n) is 8.28. The van der Waals surface area contributed by atoms with Crippen LogP contribution in [0.1, 0.15) is 25.3 Å². The zero-order chi connectivity index (χ0) is 22.1. The molecule has 2 aromatic rings. The van der Waals surface area contributed by atoms with Crippen molar-refractivity contribution in [2.45, 2.75) is 25.9 Å². The third-order valence-corrected chi connectivity index (χ3v) is 6.20. The molecule has 1 saturated heterocycles. The van der Waals surface area contributed by atoms with Crippen molar-refractivity contribution < 1.29 is 14.2 Å². The molecule has 3 aliphatic rings. The van der Waals surface area contributed by atoms with Crippen LogP contribution in [-0.2, 0) is 0 Å². The van der Waals surface area contributed by atoms with Crippen LogP contribution in [0.15, 0.2) is 53.0 Å². The van der Waals surface area contributed by atoms with Crippen LogP contribution in [0.3, 0.4) is 0 Å². The highest BCUT2D eigenvalue weighted by Gasteiger charge is 2.28. The van der Waals surface area contributed by atoms with Crippen molar-refractivity contribution in [2.24, 2.45) is 16.5 Å². The van der Waals surface area contributed by atoms with Gasteiger partial charge in [-0.2, -0.15) is 0 Å². The Bertz CT molecular complexity index is 1040. The van der Waals surface area contributed by atoms with E-state index in [1.807, 2.05) is 54.3 Å². The first-order valence-electron chi connectivity index (χ1n) is 11.0. The average molecular weight is 436 g/mol. The van der Waals surface area contributed by atoms with Gasteiger partial charge < -0.3 is 25.7 Å². The fraction of sp³-hybridized carbons (Fsp3) is 0.375. The van der Waals surface area contributed by atoms with E-state index in [-0.39, 0.29) is 6.79 Å². The molecule has 1 atom stereocenters. The molecule has 3 heterocycles. The molecule has 8 heteroatoms. The fourth-order valence-corrected chi connectivity index (χ4v) is 4.36. The molecule has 0 aromatic heterocycles. The lowest BCUT2D eigenvalue weighted by Gasteiger charge is -2.34. The Balaban J connectivity index is 1.29. The highest BCUT2D eigenvalue weighted by Crippen LogP contribution is 2.37. The molecule has 168 valence electrons. The summed E-state index contributed by atoms with van der Waals surface area (Å²) in [6.07, 6.45) is 2.14. The van der Waals surface area contributed by atoms with Gasteiger partial charge in [-0.05, 0) is 80.9 Å². The third-order valence-electron chi connectivity index (χ3n) is 6.20. The molecule has 0 saturated carbocycles. The molecule has 0 aliphatic carbocycles. The Hall–Kier alpha value is -3.23. The first-order chi connectivity index (χ1) is 15.6. The van der Waals surface area contributed by atoms with Crippen LogP contribution in [0.2, 0.25) is 0 Å². The molecule has 0 bridgehead atoms. The summed E-state index contributed by atoms with van der Waals surface area (Å²) in [7, 11) is 0. The van der Waals surface area contributed by atoms with Crippen LogP contribution < -0.4 is 30.6 Å². The summed E-state index contributed by atoms with van der Waals surface area (Å²) in [4.78, 5) is 8.94. The van der Waals surface area contributed by atoms with E-state index >= 15 is 0 Å². The number of nitrogens with two attached hydrogens (primary N) is 2. The van der Waals surface area contributed by atoms with Gasteiger partial charge in [0.25, 0.3) is 0 Å². The Labute approximate surface area is 188 Å². The Kier molecular flexibility index (Phi) is 5.63. The zero-order valence-corrected chi connectivity index (χ0v) is 18.3. The Morgan fingerprint density at radius 2 is 1.81 bits per heavy atom. The summed E-state index contributed by atoms with van der Waals surface area (Å²) in [6.45, 7) is 6.21. The van der Waals surface area contributed by atoms with E-state index in [4.69, 9.17) is 25.7 Å². The first-order valence-corrected chi connectivity index (χ1v) is 11.0. The summed E-state index contributed by atoms with van der Waals surface area (Å²) < 4.78 is 16.8. The van der Waals surface area contributed by atoms with Crippen molar-refractivity contribution in [3.8, 4) is 17.2 Å². The van der Waals surface area contributed by atoms with Gasteiger partial charge in [0.05, 0.1) is 5.70 Å². The lowest BCUT2D eigenvalue weighted by Crippen LogP contribution is -2.52. The lowest BCUT2D eigenvalue weighted by molar-refractivity contribution is 0.174. The molecule has 5 rings (SSSR count). The lowest BCUT2D eigenvalue weighted by atomic mass is 10.0. The number of benzene rings is 2. The third kappa shape index (κ3) is 3.99. The van der Waals surface area contributed by atoms with Crippen LogP contribution in [0.4, 0.5) is 5.69 Å². The first kappa shape index (κ1) is 20.7. The van der Waals surface area contributed by atoms with Gasteiger partial charge in [-0.3, -0.25) is 9.80 Å². The molecular formula is C24H29N5O3. The normalized spacial score (nSPS) is 20.6. The molecule has 0 amide bonds. The SMILES string of the molecule is CC1=C(c2ccc3c(c2)OCO3)N=C(N)N(c2ccc(OCCN3CCCC3)cc2)C1N. The zero-order valence-electron chi connectivity index (χ0n) is 18.3. The number of rotatable bonds is 6. The highest BCUT2D eigenvalue weighted by atomic mass is 16.7. The minimum Gasteiger partial charge on any atom is -0.492 e. The maximum absolute atomic E-state index is 6.59. The number of likely N-dealkylation sites (tertiary alicyclic amines) is 1. The van der Waals surface area contributed by atoms with Gasteiger partial charge in [0, 0.05) is 17.8 Å². The number of hydrogen-bond acceptors (Lipinski definition) is 8. The Morgan fingerprint density at radius 1 is 1.06 bits per heavy atom. The maximum atomic E-state index is 6.59. The molecule has 1 fully saturated rings. The van der Waals surface area contributed by atoms with E-state index in [9.17, 15) is 0 Å². The fourth-order valence-electron chi connectivity index (χ4n) is 4.36. The van der Waals surface area contributed by atoms with Crippen molar-refractivity contribution in [3.05, 3.63) is 53.6 Å². The van der Waals surface area contributed by atoms with E-state index < -0.39 is 6.17 Å². The molecule has 32 heavy (non-hydrogen) atoms. The minimum absolute atomic E-state index is 0.230. The predicted molar refractivity (Wildman–Crippen MR) is 125 cm³/mol. The maximum Gasteiger partial charge on any atom is 0.231 e. The molecule has 4 N–H and O–H groups in total. The van der Waals surface area contributed by atoms with Gasteiger partial charge in [-0.15, -0.1) is 0 Å². The van der Waals surface area contributed by atoms with Gasteiger partial charge in [0.1, 0.15) is 18.5 Å². The summed E-state index contributed by atoms with van der Waals surface area (Å²) in [5.74, 6) is 2.61. The Morgan fingerprint density at radius 3 is 2.59 bits per heavy atom. The van der Waals surface area contributed by atoms with E-state index in [0.717, 1.165) is 40.6 Å². The molecule has 1 unspecified atom stereocenters. The van der Waals surface area contributed by atoms with Gasteiger partial charge in [0.15, 0.2) is 11.5 Å². The van der Waals surface area contributed by atoms with Gasteiger partial charge in [-0.25, -0.2) is 4.99 Å². The quantitative estimate of drug-likeness (QED) is 0.720. The van der Waals surface area contributed by atoms with Crippen molar-refractivity contribution in [2.75, 3.05) is 37.9 Å². The minimum atomic E-state index is -0.435. The van der Waals surface area contributed by atoms with Crippen LogP contribution in [-0.4, -0.2) is 50.1 Å². The van der Waals surface area contributed by atoms with Gasteiger partial charge in [0.2, 0.25) is 12.8 Å². The number of anilines is 1. The largest absolute Gasteiger partial charge is 0.492 e. The number of guanidine groups is 1. The van der Waals surface area contributed by atoms with Crippen molar-refractivity contribution >= 4 is 17.3 Å². The van der Waals surface area contributed by atoms with Gasteiger partial charge >= 0.3 is 0 Å². The molecule has 8 nitrogen and oxygen atoms in total. The second-order valence-corrected chi connectivity index (χ2v) is 8.28. The van der Waals surface area contributed by atoms with Crippen LogP contribution in [0, 0.1) is 0 Å². The number of aliphatic imine (C=N–C) groups is 1. The van der Waals surface area contributed by atoms with Crippen molar-refractivity contribution in [3.63, 3.8) is 0 Å². The van der Waals surface area contributed by atoms with Crippen LogP contribution in [0.25, 0.3) is 5.70 Å².